The lowest BCUT2D eigenvalue weighted by Crippen LogP contribution is -1.91. The summed E-state index contributed by atoms with van der Waals surface area (Å²) in [4.78, 5) is 8.39. The highest BCUT2D eigenvalue weighted by Gasteiger charge is 2.01. The Bertz CT molecular complexity index is 485. The fraction of sp³-hybridized carbons (Fsp3) is 0.167. The van der Waals surface area contributed by atoms with Crippen molar-refractivity contribution in [1.29, 1.82) is 0 Å². The minimum atomic E-state index is 0.730. The standard InChI is InChI=1S/C12H13N3S/c1-9-5-10(7-14-6-9)8-16-12-11(13)3-2-4-15-12/h2-7H,8,13H2,1H3. The quantitative estimate of drug-likeness (QED) is 0.825. The number of nitrogen functional groups attached to an aromatic ring is 1. The van der Waals surface area contributed by atoms with Crippen LogP contribution in [0, 0.1) is 6.92 Å². The lowest BCUT2D eigenvalue weighted by atomic mass is 10.2. The number of nitrogens with two attached hydrogens (primary N) is 1. The second-order valence-corrected chi connectivity index (χ2v) is 4.52. The van der Waals surface area contributed by atoms with Crippen LogP contribution in [0.15, 0.2) is 41.8 Å². The molecule has 0 aliphatic heterocycles. The van der Waals surface area contributed by atoms with E-state index in [-0.39, 0.29) is 0 Å². The van der Waals surface area contributed by atoms with E-state index in [0.717, 1.165) is 16.5 Å². The molecule has 0 radical (unpaired) electrons. The van der Waals surface area contributed by atoms with Gasteiger partial charge in [0.2, 0.25) is 0 Å². The van der Waals surface area contributed by atoms with Gasteiger partial charge in [-0.25, -0.2) is 4.98 Å². The summed E-state index contributed by atoms with van der Waals surface area (Å²) in [5.74, 6) is 0.843. The van der Waals surface area contributed by atoms with Crippen molar-refractivity contribution >= 4 is 17.4 Å². The van der Waals surface area contributed by atoms with Crippen LogP contribution in [-0.4, -0.2) is 9.97 Å². The molecule has 16 heavy (non-hydrogen) atoms. The zero-order valence-corrected chi connectivity index (χ0v) is 9.87. The Morgan fingerprint density at radius 1 is 1.38 bits per heavy atom. The monoisotopic (exact) mass is 231 g/mol. The zero-order chi connectivity index (χ0) is 11.4. The van der Waals surface area contributed by atoms with Crippen molar-refractivity contribution < 1.29 is 0 Å². The SMILES string of the molecule is Cc1cncc(CSc2ncccc2N)c1. The maximum Gasteiger partial charge on any atom is 0.119 e. The van der Waals surface area contributed by atoms with Crippen LogP contribution in [0.2, 0.25) is 0 Å². The van der Waals surface area contributed by atoms with Gasteiger partial charge < -0.3 is 5.73 Å². The summed E-state index contributed by atoms with van der Waals surface area (Å²) in [6.07, 6.45) is 5.48. The van der Waals surface area contributed by atoms with Crippen molar-refractivity contribution in [2.45, 2.75) is 17.7 Å². The Morgan fingerprint density at radius 3 is 3.00 bits per heavy atom. The average molecular weight is 231 g/mol. The normalized spacial score (nSPS) is 10.3. The van der Waals surface area contributed by atoms with Crippen molar-refractivity contribution in [3.05, 3.63) is 47.9 Å². The maximum absolute atomic E-state index is 5.82. The van der Waals surface area contributed by atoms with Gasteiger partial charge in [-0.2, -0.15) is 0 Å². The molecule has 2 heterocycles. The van der Waals surface area contributed by atoms with Crippen LogP contribution in [0.5, 0.6) is 0 Å². The summed E-state index contributed by atoms with van der Waals surface area (Å²) >= 11 is 1.63. The number of hydrogen-bond acceptors (Lipinski definition) is 4. The van der Waals surface area contributed by atoms with E-state index in [1.807, 2.05) is 31.5 Å². The van der Waals surface area contributed by atoms with Crippen molar-refractivity contribution in [3.8, 4) is 0 Å². The minimum absolute atomic E-state index is 0.730. The van der Waals surface area contributed by atoms with Crippen molar-refractivity contribution in [1.82, 2.24) is 9.97 Å². The molecule has 0 aliphatic carbocycles. The molecule has 82 valence electrons. The topological polar surface area (TPSA) is 51.8 Å². The van der Waals surface area contributed by atoms with Gasteiger partial charge in [0.1, 0.15) is 5.03 Å². The van der Waals surface area contributed by atoms with E-state index in [4.69, 9.17) is 5.73 Å². The Balaban J connectivity index is 2.05. The molecule has 0 unspecified atom stereocenters. The van der Waals surface area contributed by atoms with Crippen LogP contribution >= 0.6 is 11.8 Å². The highest BCUT2D eigenvalue weighted by atomic mass is 32.2. The van der Waals surface area contributed by atoms with E-state index < -0.39 is 0 Å². The fourth-order valence-electron chi connectivity index (χ4n) is 1.37. The number of aryl methyl sites for hydroxylation is 1. The van der Waals surface area contributed by atoms with E-state index in [1.54, 1.807) is 18.0 Å². The van der Waals surface area contributed by atoms with Crippen LogP contribution in [0.3, 0.4) is 0 Å². The van der Waals surface area contributed by atoms with Crippen LogP contribution in [-0.2, 0) is 5.75 Å². The maximum atomic E-state index is 5.82. The number of hydrogen-bond donors (Lipinski definition) is 1. The third-order valence-corrected chi connectivity index (χ3v) is 3.20. The third kappa shape index (κ3) is 2.73. The van der Waals surface area contributed by atoms with Gasteiger partial charge in [-0.3, -0.25) is 4.98 Å². The lowest BCUT2D eigenvalue weighted by Gasteiger charge is -2.04. The molecule has 2 aromatic rings. The number of aromatic nitrogens is 2. The second kappa shape index (κ2) is 4.99. The van der Waals surface area contributed by atoms with E-state index in [0.29, 0.717) is 0 Å². The van der Waals surface area contributed by atoms with Gasteiger partial charge in [0.05, 0.1) is 5.69 Å². The van der Waals surface area contributed by atoms with Crippen LogP contribution < -0.4 is 5.73 Å². The van der Waals surface area contributed by atoms with Crippen LogP contribution in [0.1, 0.15) is 11.1 Å². The number of rotatable bonds is 3. The van der Waals surface area contributed by atoms with E-state index in [1.165, 1.54) is 11.1 Å². The summed E-state index contributed by atoms with van der Waals surface area (Å²) in [5.41, 5.74) is 8.91. The highest BCUT2D eigenvalue weighted by Crippen LogP contribution is 2.25. The summed E-state index contributed by atoms with van der Waals surface area (Å²) in [5, 5.41) is 0.879. The Labute approximate surface area is 99.1 Å². The van der Waals surface area contributed by atoms with Gasteiger partial charge in [-0.05, 0) is 30.2 Å². The predicted octanol–water partition coefficient (Wildman–Crippen LogP) is 2.66. The van der Waals surface area contributed by atoms with Gasteiger partial charge in [-0.15, -0.1) is 0 Å². The Kier molecular flexibility index (Phi) is 3.41. The molecule has 4 heteroatoms. The first kappa shape index (κ1) is 11.0. The first-order valence-corrected chi connectivity index (χ1v) is 5.98. The molecule has 0 atom stereocenters. The van der Waals surface area contributed by atoms with Crippen LogP contribution in [0.4, 0.5) is 5.69 Å². The molecular weight excluding hydrogens is 218 g/mol. The molecule has 3 nitrogen and oxygen atoms in total. The minimum Gasteiger partial charge on any atom is -0.397 e. The first-order valence-electron chi connectivity index (χ1n) is 4.99. The van der Waals surface area contributed by atoms with E-state index >= 15 is 0 Å². The molecular formula is C12H13N3S. The van der Waals surface area contributed by atoms with Gasteiger partial charge in [0.25, 0.3) is 0 Å². The van der Waals surface area contributed by atoms with Gasteiger partial charge in [0, 0.05) is 24.3 Å². The van der Waals surface area contributed by atoms with Gasteiger partial charge in [-0.1, -0.05) is 17.8 Å². The zero-order valence-electron chi connectivity index (χ0n) is 9.05. The van der Waals surface area contributed by atoms with E-state index in [2.05, 4.69) is 16.0 Å². The number of nitrogens with zero attached hydrogens (tertiary/aromatic N) is 2. The third-order valence-electron chi connectivity index (χ3n) is 2.11. The fourth-order valence-corrected chi connectivity index (χ4v) is 2.20. The second-order valence-electron chi connectivity index (χ2n) is 3.56. The average Bonchev–Trinajstić information content (AvgIpc) is 2.28. The number of thioether (sulfide) groups is 1. The molecule has 0 spiro atoms. The Hall–Kier alpha value is -1.55. The molecule has 0 amide bonds. The molecule has 0 fully saturated rings. The summed E-state index contributed by atoms with van der Waals surface area (Å²) in [7, 11) is 0. The molecule has 2 aromatic heterocycles. The van der Waals surface area contributed by atoms with Crippen molar-refractivity contribution in [2.75, 3.05) is 5.73 Å². The van der Waals surface area contributed by atoms with Gasteiger partial charge >= 0.3 is 0 Å². The van der Waals surface area contributed by atoms with Crippen molar-refractivity contribution in [3.63, 3.8) is 0 Å². The largest absolute Gasteiger partial charge is 0.397 e. The lowest BCUT2D eigenvalue weighted by molar-refractivity contribution is 1.13. The highest BCUT2D eigenvalue weighted by molar-refractivity contribution is 7.98. The number of pyridine rings is 2. The molecule has 2 N–H and O–H groups in total. The predicted molar refractivity (Wildman–Crippen MR) is 67.2 cm³/mol. The molecule has 0 saturated heterocycles. The molecule has 0 aromatic carbocycles. The Morgan fingerprint density at radius 2 is 2.25 bits per heavy atom. The molecule has 0 saturated carbocycles. The van der Waals surface area contributed by atoms with Crippen molar-refractivity contribution in [2.24, 2.45) is 0 Å². The van der Waals surface area contributed by atoms with Crippen LogP contribution in [0.25, 0.3) is 0 Å². The summed E-state index contributed by atoms with van der Waals surface area (Å²) in [6.45, 7) is 2.04. The smallest absolute Gasteiger partial charge is 0.119 e. The molecule has 0 bridgehead atoms. The molecule has 0 aliphatic rings. The first-order chi connectivity index (χ1) is 7.75. The molecule has 2 rings (SSSR count). The number of anilines is 1. The van der Waals surface area contributed by atoms with Gasteiger partial charge in [0.15, 0.2) is 0 Å². The summed E-state index contributed by atoms with van der Waals surface area (Å²) < 4.78 is 0. The van der Waals surface area contributed by atoms with E-state index in [9.17, 15) is 0 Å². The summed E-state index contributed by atoms with van der Waals surface area (Å²) in [6, 6.07) is 5.83.